The first-order chi connectivity index (χ1) is 8.63. The fourth-order valence-corrected chi connectivity index (χ4v) is 2.18. The molecular formula is C12H20N4O2. The van der Waals surface area contributed by atoms with Crippen LogP contribution in [0.4, 0.5) is 5.82 Å². The molecule has 2 rings (SSSR count). The minimum absolute atomic E-state index is 0.0394. The standard InChI is InChI=1S/C12H20N4O2/c1-9-7-11(15-18-9)14-12(17)4-6-16-5-2-3-10(13)8-16/h7,10H,2-6,8,13H2,1H3,(H,14,15,17)/t10-/m1/s1. The van der Waals surface area contributed by atoms with E-state index in [4.69, 9.17) is 10.3 Å². The number of likely N-dealkylation sites (tertiary alicyclic amines) is 1. The zero-order valence-electron chi connectivity index (χ0n) is 10.7. The number of hydrogen-bond donors (Lipinski definition) is 2. The van der Waals surface area contributed by atoms with Gasteiger partial charge in [0.1, 0.15) is 5.76 Å². The summed E-state index contributed by atoms with van der Waals surface area (Å²) in [5.74, 6) is 1.13. The van der Waals surface area contributed by atoms with Crippen molar-refractivity contribution in [2.24, 2.45) is 5.73 Å². The second-order valence-corrected chi connectivity index (χ2v) is 4.82. The van der Waals surface area contributed by atoms with Gasteiger partial charge in [-0.2, -0.15) is 0 Å². The highest BCUT2D eigenvalue weighted by Gasteiger charge is 2.17. The third-order valence-corrected chi connectivity index (χ3v) is 3.09. The Balaban J connectivity index is 1.71. The van der Waals surface area contributed by atoms with Crippen LogP contribution in [0, 0.1) is 6.92 Å². The van der Waals surface area contributed by atoms with Crippen LogP contribution in [-0.2, 0) is 4.79 Å². The number of hydrogen-bond acceptors (Lipinski definition) is 5. The number of aromatic nitrogens is 1. The van der Waals surface area contributed by atoms with Crippen LogP contribution in [0.3, 0.4) is 0 Å². The van der Waals surface area contributed by atoms with E-state index < -0.39 is 0 Å². The molecule has 18 heavy (non-hydrogen) atoms. The third kappa shape index (κ3) is 3.82. The molecule has 0 bridgehead atoms. The Bertz CT molecular complexity index is 405. The molecule has 1 saturated heterocycles. The molecule has 0 aromatic carbocycles. The molecule has 6 nitrogen and oxygen atoms in total. The molecule has 1 aliphatic heterocycles. The monoisotopic (exact) mass is 252 g/mol. The number of amides is 1. The summed E-state index contributed by atoms with van der Waals surface area (Å²) in [5.41, 5.74) is 5.89. The van der Waals surface area contributed by atoms with E-state index >= 15 is 0 Å². The number of aryl methyl sites for hydroxylation is 1. The summed E-state index contributed by atoms with van der Waals surface area (Å²) in [5, 5.41) is 6.43. The maximum Gasteiger partial charge on any atom is 0.226 e. The topological polar surface area (TPSA) is 84.4 Å². The smallest absolute Gasteiger partial charge is 0.226 e. The van der Waals surface area contributed by atoms with Gasteiger partial charge in [0.15, 0.2) is 5.82 Å². The highest BCUT2D eigenvalue weighted by molar-refractivity contribution is 5.89. The van der Waals surface area contributed by atoms with Gasteiger partial charge in [-0.05, 0) is 26.3 Å². The normalized spacial score (nSPS) is 20.9. The van der Waals surface area contributed by atoms with Gasteiger partial charge in [0.25, 0.3) is 0 Å². The molecule has 6 heteroatoms. The maximum absolute atomic E-state index is 11.7. The second-order valence-electron chi connectivity index (χ2n) is 4.82. The Morgan fingerprint density at radius 1 is 1.72 bits per heavy atom. The predicted molar refractivity (Wildman–Crippen MR) is 68.1 cm³/mol. The lowest BCUT2D eigenvalue weighted by molar-refractivity contribution is -0.116. The molecule has 1 amide bonds. The van der Waals surface area contributed by atoms with E-state index in [9.17, 15) is 4.79 Å². The molecule has 100 valence electrons. The fraction of sp³-hybridized carbons (Fsp3) is 0.667. The molecule has 0 unspecified atom stereocenters. The third-order valence-electron chi connectivity index (χ3n) is 3.09. The first kappa shape index (κ1) is 13.0. The summed E-state index contributed by atoms with van der Waals surface area (Å²) in [4.78, 5) is 13.9. The Morgan fingerprint density at radius 2 is 2.56 bits per heavy atom. The molecule has 0 spiro atoms. The summed E-state index contributed by atoms with van der Waals surface area (Å²) in [6.07, 6.45) is 2.66. The number of nitrogens with one attached hydrogen (secondary N) is 1. The van der Waals surface area contributed by atoms with Crippen LogP contribution in [0.15, 0.2) is 10.6 Å². The summed E-state index contributed by atoms with van der Waals surface area (Å²) < 4.78 is 4.88. The van der Waals surface area contributed by atoms with Crippen molar-refractivity contribution in [3.63, 3.8) is 0 Å². The largest absolute Gasteiger partial charge is 0.360 e. The summed E-state index contributed by atoms with van der Waals surface area (Å²) >= 11 is 0. The van der Waals surface area contributed by atoms with Crippen molar-refractivity contribution in [3.8, 4) is 0 Å². The van der Waals surface area contributed by atoms with Gasteiger partial charge >= 0.3 is 0 Å². The Morgan fingerprint density at radius 3 is 3.22 bits per heavy atom. The fourth-order valence-electron chi connectivity index (χ4n) is 2.18. The van der Waals surface area contributed by atoms with Gasteiger partial charge in [0, 0.05) is 31.6 Å². The van der Waals surface area contributed by atoms with Crippen molar-refractivity contribution in [3.05, 3.63) is 11.8 Å². The number of rotatable bonds is 4. The Kier molecular flexibility index (Phi) is 4.33. The van der Waals surface area contributed by atoms with Crippen LogP contribution >= 0.6 is 0 Å². The van der Waals surface area contributed by atoms with Crippen molar-refractivity contribution in [2.45, 2.75) is 32.2 Å². The number of carbonyl (C=O) groups is 1. The maximum atomic E-state index is 11.7. The zero-order chi connectivity index (χ0) is 13.0. The van der Waals surface area contributed by atoms with Gasteiger partial charge in [0.2, 0.25) is 5.91 Å². The van der Waals surface area contributed by atoms with Gasteiger partial charge in [-0.1, -0.05) is 5.16 Å². The average molecular weight is 252 g/mol. The van der Waals surface area contributed by atoms with Crippen molar-refractivity contribution in [1.29, 1.82) is 0 Å². The van der Waals surface area contributed by atoms with Crippen LogP contribution in [0.5, 0.6) is 0 Å². The molecule has 0 aliphatic carbocycles. The van der Waals surface area contributed by atoms with Gasteiger partial charge in [0.05, 0.1) is 0 Å². The number of nitrogens with zero attached hydrogens (tertiary/aromatic N) is 2. The first-order valence-electron chi connectivity index (χ1n) is 6.34. The van der Waals surface area contributed by atoms with E-state index in [1.165, 1.54) is 0 Å². The summed E-state index contributed by atoms with van der Waals surface area (Å²) in [6, 6.07) is 1.95. The van der Waals surface area contributed by atoms with Gasteiger partial charge in [-0.3, -0.25) is 4.79 Å². The highest BCUT2D eigenvalue weighted by atomic mass is 16.5. The van der Waals surface area contributed by atoms with E-state index in [0.717, 1.165) is 32.5 Å². The van der Waals surface area contributed by atoms with Crippen molar-refractivity contribution >= 4 is 11.7 Å². The van der Waals surface area contributed by atoms with Crippen LogP contribution in [0.1, 0.15) is 25.0 Å². The minimum Gasteiger partial charge on any atom is -0.360 e. The molecule has 1 aromatic heterocycles. The van der Waals surface area contributed by atoms with Crippen LogP contribution in [0.25, 0.3) is 0 Å². The van der Waals surface area contributed by atoms with Crippen molar-refractivity contribution in [2.75, 3.05) is 25.0 Å². The molecule has 2 heterocycles. The lowest BCUT2D eigenvalue weighted by Gasteiger charge is -2.30. The van der Waals surface area contributed by atoms with E-state index in [0.29, 0.717) is 18.0 Å². The predicted octanol–water partition coefficient (Wildman–Crippen LogP) is 0.735. The van der Waals surface area contributed by atoms with E-state index in [1.807, 2.05) is 0 Å². The SMILES string of the molecule is Cc1cc(NC(=O)CCN2CCC[C@@H](N)C2)no1. The van der Waals surface area contributed by atoms with Crippen molar-refractivity contribution < 1.29 is 9.32 Å². The van der Waals surface area contributed by atoms with E-state index in [-0.39, 0.29) is 11.9 Å². The van der Waals surface area contributed by atoms with Gasteiger partial charge in [-0.25, -0.2) is 0 Å². The molecule has 1 fully saturated rings. The molecule has 0 saturated carbocycles. The number of nitrogens with two attached hydrogens (primary N) is 1. The van der Waals surface area contributed by atoms with Crippen LogP contribution in [0.2, 0.25) is 0 Å². The van der Waals surface area contributed by atoms with Crippen LogP contribution < -0.4 is 11.1 Å². The Labute approximate surface area is 106 Å². The van der Waals surface area contributed by atoms with Crippen molar-refractivity contribution in [1.82, 2.24) is 10.1 Å². The molecule has 1 aliphatic rings. The second kappa shape index (κ2) is 5.97. The quantitative estimate of drug-likeness (QED) is 0.825. The molecule has 1 aromatic rings. The summed E-state index contributed by atoms with van der Waals surface area (Å²) in [6.45, 7) is 4.45. The lowest BCUT2D eigenvalue weighted by Crippen LogP contribution is -2.43. The average Bonchev–Trinajstić information content (AvgIpc) is 2.72. The lowest BCUT2D eigenvalue weighted by atomic mass is 10.1. The number of piperidine rings is 1. The Hall–Kier alpha value is -1.40. The highest BCUT2D eigenvalue weighted by Crippen LogP contribution is 2.10. The molecule has 3 N–H and O–H groups in total. The minimum atomic E-state index is -0.0394. The van der Waals surface area contributed by atoms with Gasteiger partial charge < -0.3 is 20.5 Å². The molecule has 1 atom stereocenters. The number of carbonyl (C=O) groups excluding carboxylic acids is 1. The molecular weight excluding hydrogens is 232 g/mol. The number of anilines is 1. The van der Waals surface area contributed by atoms with E-state index in [2.05, 4.69) is 15.4 Å². The van der Waals surface area contributed by atoms with Crippen LogP contribution in [-0.4, -0.2) is 41.6 Å². The van der Waals surface area contributed by atoms with Gasteiger partial charge in [-0.15, -0.1) is 0 Å². The first-order valence-corrected chi connectivity index (χ1v) is 6.34. The zero-order valence-corrected chi connectivity index (χ0v) is 10.7. The summed E-state index contributed by atoms with van der Waals surface area (Å²) in [7, 11) is 0. The van der Waals surface area contributed by atoms with E-state index in [1.54, 1.807) is 13.0 Å². The molecule has 0 radical (unpaired) electrons.